The summed E-state index contributed by atoms with van der Waals surface area (Å²) in [6.07, 6.45) is 9.27. The number of carbonyl (C=O) groups is 1. The molecule has 1 fully saturated rings. The van der Waals surface area contributed by atoms with Crippen LogP contribution in [0.4, 0.5) is 0 Å². The molecule has 82 valence electrons. The first kappa shape index (κ1) is 10.3. The van der Waals surface area contributed by atoms with E-state index in [2.05, 4.69) is 10.1 Å². The van der Waals surface area contributed by atoms with Crippen molar-refractivity contribution in [3.05, 3.63) is 11.7 Å². The van der Waals surface area contributed by atoms with Crippen molar-refractivity contribution in [2.45, 2.75) is 50.9 Å². The third kappa shape index (κ3) is 2.64. The van der Waals surface area contributed by atoms with Gasteiger partial charge in [0.1, 0.15) is 0 Å². The molecule has 1 saturated carbocycles. The molecule has 1 heterocycles. The maximum Gasteiger partial charge on any atom is 0.290 e. The lowest BCUT2D eigenvalue weighted by Crippen LogP contribution is -2.04. The zero-order chi connectivity index (χ0) is 10.5. The predicted molar refractivity (Wildman–Crippen MR) is 54.7 cm³/mol. The minimum Gasteiger partial charge on any atom is -0.331 e. The van der Waals surface area contributed by atoms with E-state index in [-0.39, 0.29) is 5.89 Å². The molecule has 1 aliphatic rings. The second kappa shape index (κ2) is 5.05. The van der Waals surface area contributed by atoms with Crippen molar-refractivity contribution in [3.63, 3.8) is 0 Å². The lowest BCUT2D eigenvalue weighted by atomic mass is 9.91. The molecule has 2 rings (SSSR count). The Labute approximate surface area is 89.1 Å². The van der Waals surface area contributed by atoms with Crippen molar-refractivity contribution in [2.24, 2.45) is 0 Å². The van der Waals surface area contributed by atoms with Crippen LogP contribution in [0.5, 0.6) is 0 Å². The summed E-state index contributed by atoms with van der Waals surface area (Å²) in [7, 11) is 0. The topological polar surface area (TPSA) is 56.0 Å². The zero-order valence-electron chi connectivity index (χ0n) is 8.82. The Morgan fingerprint density at radius 2 is 1.80 bits per heavy atom. The summed E-state index contributed by atoms with van der Waals surface area (Å²) in [6, 6.07) is 0. The molecule has 1 aliphatic carbocycles. The van der Waals surface area contributed by atoms with Crippen LogP contribution in [0.15, 0.2) is 4.52 Å². The minimum absolute atomic E-state index is 0.104. The molecule has 15 heavy (non-hydrogen) atoms. The fraction of sp³-hybridized carbons (Fsp3) is 0.727. The smallest absolute Gasteiger partial charge is 0.290 e. The highest BCUT2D eigenvalue weighted by Crippen LogP contribution is 2.28. The lowest BCUT2D eigenvalue weighted by molar-refractivity contribution is 0.108. The highest BCUT2D eigenvalue weighted by Gasteiger charge is 2.18. The molecule has 4 heteroatoms. The highest BCUT2D eigenvalue weighted by atomic mass is 16.5. The van der Waals surface area contributed by atoms with E-state index >= 15 is 0 Å². The second-order valence-electron chi connectivity index (χ2n) is 4.15. The van der Waals surface area contributed by atoms with E-state index in [1.807, 2.05) is 0 Å². The van der Waals surface area contributed by atoms with E-state index < -0.39 is 0 Å². The van der Waals surface area contributed by atoms with Crippen LogP contribution in [0, 0.1) is 0 Å². The monoisotopic (exact) mass is 208 g/mol. The Balaban J connectivity index is 2.03. The van der Waals surface area contributed by atoms with Gasteiger partial charge in [0, 0.05) is 5.92 Å². The Kier molecular flexibility index (Phi) is 3.48. The van der Waals surface area contributed by atoms with Gasteiger partial charge in [0.15, 0.2) is 5.82 Å². The van der Waals surface area contributed by atoms with Crippen molar-refractivity contribution in [1.29, 1.82) is 0 Å². The molecule has 1 aromatic rings. The van der Waals surface area contributed by atoms with Crippen LogP contribution in [-0.4, -0.2) is 16.4 Å². The normalized spacial score (nSPS) is 19.5. The Morgan fingerprint density at radius 3 is 2.40 bits per heavy atom. The summed E-state index contributed by atoms with van der Waals surface area (Å²) in [5.74, 6) is 1.22. The first-order valence-corrected chi connectivity index (χ1v) is 5.69. The molecule has 0 N–H and O–H groups in total. The van der Waals surface area contributed by atoms with Crippen LogP contribution in [0.2, 0.25) is 0 Å². The standard InChI is InChI=1S/C11H16N2O2/c14-8-10-12-11(13-15-10)9-6-4-2-1-3-5-7-9/h8-9H,1-7H2. The summed E-state index contributed by atoms with van der Waals surface area (Å²) in [5.41, 5.74) is 0. The maximum atomic E-state index is 10.4. The van der Waals surface area contributed by atoms with Gasteiger partial charge in [-0.15, -0.1) is 0 Å². The number of aromatic nitrogens is 2. The van der Waals surface area contributed by atoms with Crippen LogP contribution < -0.4 is 0 Å². The van der Waals surface area contributed by atoms with Crippen molar-refractivity contribution in [2.75, 3.05) is 0 Å². The van der Waals surface area contributed by atoms with Crippen molar-refractivity contribution in [3.8, 4) is 0 Å². The van der Waals surface area contributed by atoms with Crippen molar-refractivity contribution >= 4 is 6.29 Å². The minimum atomic E-state index is 0.104. The number of rotatable bonds is 2. The van der Waals surface area contributed by atoms with Gasteiger partial charge in [-0.1, -0.05) is 37.3 Å². The molecule has 0 bridgehead atoms. The third-order valence-corrected chi connectivity index (χ3v) is 3.03. The van der Waals surface area contributed by atoms with Gasteiger partial charge in [-0.25, -0.2) is 0 Å². The van der Waals surface area contributed by atoms with Crippen LogP contribution in [-0.2, 0) is 0 Å². The predicted octanol–water partition coefficient (Wildman–Crippen LogP) is 2.71. The summed E-state index contributed by atoms with van der Waals surface area (Å²) >= 11 is 0. The summed E-state index contributed by atoms with van der Waals surface area (Å²) in [6.45, 7) is 0. The van der Waals surface area contributed by atoms with E-state index in [9.17, 15) is 4.79 Å². The molecule has 1 aromatic heterocycles. The first-order chi connectivity index (χ1) is 7.40. The Hall–Kier alpha value is -1.19. The quantitative estimate of drug-likeness (QED) is 0.701. The van der Waals surface area contributed by atoms with Crippen LogP contribution in [0.3, 0.4) is 0 Å². The second-order valence-corrected chi connectivity index (χ2v) is 4.15. The Bertz CT molecular complexity index is 314. The summed E-state index contributed by atoms with van der Waals surface area (Å²) < 4.78 is 4.81. The van der Waals surface area contributed by atoms with Gasteiger partial charge in [0.2, 0.25) is 6.29 Å². The molecule has 4 nitrogen and oxygen atoms in total. The van der Waals surface area contributed by atoms with E-state index in [1.165, 1.54) is 32.1 Å². The molecular weight excluding hydrogens is 192 g/mol. The summed E-state index contributed by atoms with van der Waals surface area (Å²) in [5, 5.41) is 3.87. The van der Waals surface area contributed by atoms with E-state index in [1.54, 1.807) is 0 Å². The molecule has 0 radical (unpaired) electrons. The van der Waals surface area contributed by atoms with E-state index in [0.29, 0.717) is 12.2 Å². The third-order valence-electron chi connectivity index (χ3n) is 3.03. The van der Waals surface area contributed by atoms with E-state index in [4.69, 9.17) is 4.52 Å². The molecule has 0 atom stereocenters. The fourth-order valence-electron chi connectivity index (χ4n) is 2.18. The molecule has 0 amide bonds. The number of hydrogen-bond acceptors (Lipinski definition) is 4. The lowest BCUT2D eigenvalue weighted by Gasteiger charge is -2.15. The SMILES string of the molecule is O=Cc1nc(C2CCCCCCC2)no1. The molecular formula is C11H16N2O2. The van der Waals surface area contributed by atoms with Crippen LogP contribution in [0.25, 0.3) is 0 Å². The van der Waals surface area contributed by atoms with E-state index in [0.717, 1.165) is 18.7 Å². The fourth-order valence-corrected chi connectivity index (χ4v) is 2.18. The van der Waals surface area contributed by atoms with Gasteiger partial charge < -0.3 is 4.52 Å². The number of aldehydes is 1. The summed E-state index contributed by atoms with van der Waals surface area (Å²) in [4.78, 5) is 14.5. The van der Waals surface area contributed by atoms with Crippen molar-refractivity contribution < 1.29 is 9.32 Å². The average molecular weight is 208 g/mol. The van der Waals surface area contributed by atoms with Crippen molar-refractivity contribution in [1.82, 2.24) is 10.1 Å². The van der Waals surface area contributed by atoms with Gasteiger partial charge >= 0.3 is 0 Å². The van der Waals surface area contributed by atoms with Gasteiger partial charge in [0.05, 0.1) is 0 Å². The molecule has 0 aromatic carbocycles. The van der Waals surface area contributed by atoms with Gasteiger partial charge in [0.25, 0.3) is 5.89 Å². The van der Waals surface area contributed by atoms with Crippen LogP contribution in [0.1, 0.15) is 67.4 Å². The van der Waals surface area contributed by atoms with Gasteiger partial charge in [-0.2, -0.15) is 4.98 Å². The number of nitrogens with zero attached hydrogens (tertiary/aromatic N) is 2. The molecule has 0 saturated heterocycles. The Morgan fingerprint density at radius 1 is 1.13 bits per heavy atom. The largest absolute Gasteiger partial charge is 0.331 e. The highest BCUT2D eigenvalue weighted by molar-refractivity contribution is 5.66. The molecule has 0 aliphatic heterocycles. The molecule has 0 unspecified atom stereocenters. The molecule has 0 spiro atoms. The number of hydrogen-bond donors (Lipinski definition) is 0. The van der Waals surface area contributed by atoms with Gasteiger partial charge in [-0.05, 0) is 12.8 Å². The first-order valence-electron chi connectivity index (χ1n) is 5.69. The number of carbonyl (C=O) groups excluding carboxylic acids is 1. The maximum absolute atomic E-state index is 10.4. The average Bonchev–Trinajstić information content (AvgIpc) is 2.65. The van der Waals surface area contributed by atoms with Gasteiger partial charge in [-0.3, -0.25) is 4.79 Å². The zero-order valence-corrected chi connectivity index (χ0v) is 8.82. The van der Waals surface area contributed by atoms with Crippen LogP contribution >= 0.6 is 0 Å².